The Morgan fingerprint density at radius 3 is 2.44 bits per heavy atom. The number of nitrogens with zero attached hydrogens (tertiary/aromatic N) is 2. The van der Waals surface area contributed by atoms with E-state index < -0.39 is 28.3 Å². The van der Waals surface area contributed by atoms with Gasteiger partial charge in [0.15, 0.2) is 10.9 Å². The molecule has 0 saturated carbocycles. The number of halogens is 3. The second-order valence-electron chi connectivity index (χ2n) is 6.76. The minimum Gasteiger partial charge on any atom is -0.493 e. The van der Waals surface area contributed by atoms with Gasteiger partial charge < -0.3 is 14.2 Å². The highest BCUT2D eigenvalue weighted by molar-refractivity contribution is 7.15. The zero-order valence-electron chi connectivity index (χ0n) is 18.1. The summed E-state index contributed by atoms with van der Waals surface area (Å²) in [6, 6.07) is 6.02. The van der Waals surface area contributed by atoms with Crippen molar-refractivity contribution in [2.24, 2.45) is 0 Å². The fraction of sp³-hybridized carbons (Fsp3) is 0.238. The summed E-state index contributed by atoms with van der Waals surface area (Å²) in [5, 5.41) is 14.3. The highest BCUT2D eigenvalue weighted by Gasteiger charge is 2.33. The molecule has 0 atom stereocenters. The Balaban J connectivity index is 1.87. The van der Waals surface area contributed by atoms with E-state index in [-0.39, 0.29) is 34.4 Å². The van der Waals surface area contributed by atoms with E-state index in [1.807, 2.05) is 0 Å². The van der Waals surface area contributed by atoms with Crippen LogP contribution in [0.3, 0.4) is 0 Å². The summed E-state index contributed by atoms with van der Waals surface area (Å²) < 4.78 is 54.2. The van der Waals surface area contributed by atoms with Crippen LogP contribution in [0.2, 0.25) is 0 Å². The summed E-state index contributed by atoms with van der Waals surface area (Å²) in [4.78, 5) is 28.4. The molecule has 0 saturated heterocycles. The van der Waals surface area contributed by atoms with Gasteiger partial charge in [-0.15, -0.1) is 11.3 Å². The molecule has 0 unspecified atom stereocenters. The van der Waals surface area contributed by atoms with Gasteiger partial charge in [-0.2, -0.15) is 13.2 Å². The van der Waals surface area contributed by atoms with Gasteiger partial charge in [-0.25, -0.2) is 4.98 Å². The van der Waals surface area contributed by atoms with Crippen LogP contribution in [-0.2, 0) is 12.6 Å². The number of benzene rings is 2. The number of carbonyl (C=O) groups is 1. The summed E-state index contributed by atoms with van der Waals surface area (Å²) >= 11 is 1.02. The van der Waals surface area contributed by atoms with E-state index >= 15 is 0 Å². The number of nitro benzene ring substituents is 1. The van der Waals surface area contributed by atoms with Crippen LogP contribution < -0.4 is 19.5 Å². The van der Waals surface area contributed by atoms with Crippen molar-refractivity contribution in [2.75, 3.05) is 26.6 Å². The number of hydrogen-bond donors (Lipinski definition) is 1. The van der Waals surface area contributed by atoms with Crippen molar-refractivity contribution >= 4 is 28.1 Å². The van der Waals surface area contributed by atoms with Crippen LogP contribution in [0.4, 0.5) is 24.0 Å². The summed E-state index contributed by atoms with van der Waals surface area (Å²) in [6.45, 7) is 0. The number of alkyl halides is 3. The van der Waals surface area contributed by atoms with E-state index in [0.717, 1.165) is 29.5 Å². The molecule has 0 aliphatic carbocycles. The molecule has 0 fully saturated rings. The first kappa shape index (κ1) is 24.8. The van der Waals surface area contributed by atoms with Gasteiger partial charge >= 0.3 is 11.9 Å². The number of carbonyl (C=O) groups excluding carboxylic acids is 1. The third-order valence-electron chi connectivity index (χ3n) is 4.64. The van der Waals surface area contributed by atoms with Crippen molar-refractivity contribution in [3.8, 4) is 17.2 Å². The molecule has 0 aliphatic rings. The molecule has 3 aromatic rings. The van der Waals surface area contributed by atoms with E-state index in [9.17, 15) is 28.1 Å². The minimum absolute atomic E-state index is 0.0412. The molecule has 1 aromatic heterocycles. The van der Waals surface area contributed by atoms with Crippen LogP contribution in [-0.4, -0.2) is 37.1 Å². The Bertz CT molecular complexity index is 1230. The van der Waals surface area contributed by atoms with Crippen LogP contribution in [0.5, 0.6) is 17.2 Å². The Morgan fingerprint density at radius 2 is 1.85 bits per heavy atom. The van der Waals surface area contributed by atoms with E-state index in [4.69, 9.17) is 14.2 Å². The van der Waals surface area contributed by atoms with Gasteiger partial charge in [-0.05, 0) is 11.6 Å². The summed E-state index contributed by atoms with van der Waals surface area (Å²) in [5.74, 6) is -1.15. The average molecular weight is 497 g/mol. The maximum Gasteiger partial charge on any atom is 0.416 e. The number of nitro groups is 1. The van der Waals surface area contributed by atoms with E-state index in [1.165, 1.54) is 33.6 Å². The first-order chi connectivity index (χ1) is 16.1. The number of amides is 1. The van der Waals surface area contributed by atoms with Crippen molar-refractivity contribution in [1.29, 1.82) is 0 Å². The first-order valence-electron chi connectivity index (χ1n) is 9.48. The molecular formula is C21H18F3N3O6S. The predicted molar refractivity (Wildman–Crippen MR) is 117 cm³/mol. The fourth-order valence-corrected chi connectivity index (χ4v) is 4.01. The van der Waals surface area contributed by atoms with Crippen molar-refractivity contribution in [3.05, 3.63) is 68.2 Å². The molecule has 0 bridgehead atoms. The van der Waals surface area contributed by atoms with E-state index in [1.54, 1.807) is 6.07 Å². The lowest BCUT2D eigenvalue weighted by Gasteiger charge is -2.14. The molecule has 1 N–H and O–H groups in total. The van der Waals surface area contributed by atoms with Gasteiger partial charge in [0.1, 0.15) is 5.56 Å². The summed E-state index contributed by atoms with van der Waals surface area (Å²) in [7, 11) is 3.75. The topological polar surface area (TPSA) is 113 Å². The number of thiazole rings is 1. The standard InChI is InChI=1S/C21H18F3N3O6S/c1-31-15-9-14(16(27(29)30)18(33-3)17(15)32-2)19(28)26-20-25-10-13(34-20)8-11-5-4-6-12(7-11)21(22,23)24/h4-7,9-10H,8H2,1-3H3,(H,25,26,28). The molecule has 0 spiro atoms. The number of ether oxygens (including phenoxy) is 3. The number of nitrogens with one attached hydrogen (secondary N) is 1. The van der Waals surface area contributed by atoms with Crippen LogP contribution in [0, 0.1) is 10.1 Å². The molecule has 1 heterocycles. The van der Waals surface area contributed by atoms with Gasteiger partial charge in [0, 0.05) is 23.6 Å². The van der Waals surface area contributed by atoms with E-state index in [0.29, 0.717) is 10.4 Å². The zero-order valence-corrected chi connectivity index (χ0v) is 18.9. The molecule has 2 aromatic carbocycles. The second kappa shape index (κ2) is 9.95. The largest absolute Gasteiger partial charge is 0.493 e. The van der Waals surface area contributed by atoms with Crippen molar-refractivity contribution in [1.82, 2.24) is 4.98 Å². The highest BCUT2D eigenvalue weighted by Crippen LogP contribution is 2.46. The number of methoxy groups -OCH3 is 3. The molecule has 3 rings (SSSR count). The third kappa shape index (κ3) is 5.20. The second-order valence-corrected chi connectivity index (χ2v) is 7.87. The molecule has 13 heteroatoms. The summed E-state index contributed by atoms with van der Waals surface area (Å²) in [6.07, 6.45) is -2.90. The van der Waals surface area contributed by atoms with Crippen molar-refractivity contribution < 1.29 is 37.1 Å². The highest BCUT2D eigenvalue weighted by atomic mass is 32.1. The number of anilines is 1. The van der Waals surface area contributed by atoms with Gasteiger partial charge in [0.2, 0.25) is 11.5 Å². The SMILES string of the molecule is COc1cc(C(=O)Nc2ncc(Cc3cccc(C(F)(F)F)c3)s2)c([N+](=O)[O-])c(OC)c1OC. The lowest BCUT2D eigenvalue weighted by Crippen LogP contribution is -2.15. The van der Waals surface area contributed by atoms with Gasteiger partial charge in [0.05, 0.1) is 31.8 Å². The van der Waals surface area contributed by atoms with Gasteiger partial charge in [-0.3, -0.25) is 20.2 Å². The van der Waals surface area contributed by atoms with Crippen LogP contribution >= 0.6 is 11.3 Å². The molecule has 1 amide bonds. The maximum atomic E-state index is 12.9. The zero-order chi connectivity index (χ0) is 25.0. The lowest BCUT2D eigenvalue weighted by molar-refractivity contribution is -0.386. The van der Waals surface area contributed by atoms with Crippen LogP contribution in [0.1, 0.15) is 26.4 Å². The smallest absolute Gasteiger partial charge is 0.416 e. The molecule has 34 heavy (non-hydrogen) atoms. The number of rotatable bonds is 8. The molecule has 180 valence electrons. The number of hydrogen-bond acceptors (Lipinski definition) is 8. The monoisotopic (exact) mass is 497 g/mol. The van der Waals surface area contributed by atoms with Gasteiger partial charge in [-0.1, -0.05) is 18.2 Å². The van der Waals surface area contributed by atoms with Gasteiger partial charge in [0.25, 0.3) is 5.91 Å². The Morgan fingerprint density at radius 1 is 1.15 bits per heavy atom. The number of aromatic nitrogens is 1. The Hall–Kier alpha value is -3.87. The van der Waals surface area contributed by atoms with Crippen LogP contribution in [0.15, 0.2) is 36.5 Å². The van der Waals surface area contributed by atoms with Crippen molar-refractivity contribution in [2.45, 2.75) is 12.6 Å². The molecular weight excluding hydrogens is 479 g/mol. The Labute approximate surface area is 195 Å². The first-order valence-corrected chi connectivity index (χ1v) is 10.3. The quantitative estimate of drug-likeness (QED) is 0.347. The maximum absolute atomic E-state index is 12.9. The van der Waals surface area contributed by atoms with Crippen LogP contribution in [0.25, 0.3) is 0 Å². The fourth-order valence-electron chi connectivity index (χ4n) is 3.17. The molecule has 0 aliphatic heterocycles. The molecule has 9 nitrogen and oxygen atoms in total. The summed E-state index contributed by atoms with van der Waals surface area (Å²) in [5.41, 5.74) is -1.33. The third-order valence-corrected chi connectivity index (χ3v) is 5.55. The van der Waals surface area contributed by atoms with Crippen molar-refractivity contribution in [3.63, 3.8) is 0 Å². The predicted octanol–water partition coefficient (Wildman–Crippen LogP) is 4.94. The minimum atomic E-state index is -4.46. The Kier molecular flexibility index (Phi) is 7.25. The molecule has 0 radical (unpaired) electrons. The lowest BCUT2D eigenvalue weighted by atomic mass is 10.1. The van der Waals surface area contributed by atoms with E-state index in [2.05, 4.69) is 10.3 Å². The normalized spacial score (nSPS) is 11.1. The average Bonchev–Trinajstić information content (AvgIpc) is 3.23.